The Morgan fingerprint density at radius 3 is 2.48 bits per heavy atom. The van der Waals surface area contributed by atoms with E-state index in [-0.39, 0.29) is 18.7 Å². The smallest absolute Gasteiger partial charge is 0.254 e. The number of nitrogens with zero attached hydrogens (tertiary/aromatic N) is 1. The Hall–Kier alpha value is -3.94. The van der Waals surface area contributed by atoms with Gasteiger partial charge in [-0.15, -0.1) is 0 Å². The predicted molar refractivity (Wildman–Crippen MR) is 112 cm³/mol. The first-order valence-electron chi connectivity index (χ1n) is 9.55. The van der Waals surface area contributed by atoms with Gasteiger partial charge in [-0.25, -0.2) is 4.39 Å². The standard InChI is InChI=1S/C23H22FN3O4/c1-30-21-12-17(6-7-20(21)31-15-16-8-10-25-11-9-16)13-26-22(28)14-27-23(29)18-4-2-3-5-19(18)24/h2-12H,13-15H2,1H3,(H,26,28)(H,27,29). The van der Waals surface area contributed by atoms with Gasteiger partial charge >= 0.3 is 0 Å². The maximum atomic E-state index is 13.6. The van der Waals surface area contributed by atoms with Crippen LogP contribution in [0.15, 0.2) is 67.0 Å². The van der Waals surface area contributed by atoms with Gasteiger partial charge in [0.2, 0.25) is 5.91 Å². The number of hydrogen-bond donors (Lipinski definition) is 2. The van der Waals surface area contributed by atoms with Crippen LogP contribution in [0.3, 0.4) is 0 Å². The van der Waals surface area contributed by atoms with Crippen LogP contribution >= 0.6 is 0 Å². The van der Waals surface area contributed by atoms with E-state index in [1.54, 1.807) is 30.6 Å². The molecule has 7 nitrogen and oxygen atoms in total. The molecule has 160 valence electrons. The highest BCUT2D eigenvalue weighted by Gasteiger charge is 2.12. The van der Waals surface area contributed by atoms with Crippen molar-refractivity contribution in [2.24, 2.45) is 0 Å². The summed E-state index contributed by atoms with van der Waals surface area (Å²) in [6.07, 6.45) is 3.39. The van der Waals surface area contributed by atoms with Crippen LogP contribution in [-0.2, 0) is 17.9 Å². The molecule has 3 rings (SSSR count). The van der Waals surface area contributed by atoms with Crippen LogP contribution in [0.25, 0.3) is 0 Å². The summed E-state index contributed by atoms with van der Waals surface area (Å²) in [6, 6.07) is 14.6. The number of halogens is 1. The van der Waals surface area contributed by atoms with Gasteiger partial charge in [-0.05, 0) is 47.5 Å². The average molecular weight is 423 g/mol. The van der Waals surface area contributed by atoms with Gasteiger partial charge in [-0.2, -0.15) is 0 Å². The second-order valence-electron chi connectivity index (χ2n) is 6.57. The van der Waals surface area contributed by atoms with Crippen molar-refractivity contribution in [2.75, 3.05) is 13.7 Å². The third-order valence-electron chi connectivity index (χ3n) is 4.39. The number of carbonyl (C=O) groups excluding carboxylic acids is 2. The molecule has 0 aliphatic rings. The Balaban J connectivity index is 1.50. The maximum absolute atomic E-state index is 13.6. The van der Waals surface area contributed by atoms with Crippen molar-refractivity contribution < 1.29 is 23.5 Å². The molecule has 0 aliphatic heterocycles. The fourth-order valence-corrected chi connectivity index (χ4v) is 2.75. The van der Waals surface area contributed by atoms with E-state index in [1.165, 1.54) is 25.3 Å². The molecule has 0 bridgehead atoms. The quantitative estimate of drug-likeness (QED) is 0.553. The number of nitrogens with one attached hydrogen (secondary N) is 2. The lowest BCUT2D eigenvalue weighted by Crippen LogP contribution is -2.36. The summed E-state index contributed by atoms with van der Waals surface area (Å²) < 4.78 is 24.8. The molecule has 1 aromatic heterocycles. The second kappa shape index (κ2) is 10.7. The Bertz CT molecular complexity index is 1040. The van der Waals surface area contributed by atoms with Crippen LogP contribution in [0.5, 0.6) is 11.5 Å². The minimum atomic E-state index is -0.648. The SMILES string of the molecule is COc1cc(CNC(=O)CNC(=O)c2ccccc2F)ccc1OCc1ccncc1. The largest absolute Gasteiger partial charge is 0.493 e. The molecule has 0 atom stereocenters. The van der Waals surface area contributed by atoms with E-state index in [2.05, 4.69) is 15.6 Å². The Labute approximate surface area is 179 Å². The van der Waals surface area contributed by atoms with E-state index in [4.69, 9.17) is 9.47 Å². The molecule has 1 heterocycles. The Morgan fingerprint density at radius 1 is 0.968 bits per heavy atom. The van der Waals surface area contributed by atoms with E-state index < -0.39 is 17.6 Å². The maximum Gasteiger partial charge on any atom is 0.254 e. The second-order valence-corrected chi connectivity index (χ2v) is 6.57. The summed E-state index contributed by atoms with van der Waals surface area (Å²) in [5.74, 6) is -0.578. The predicted octanol–water partition coefficient (Wildman–Crippen LogP) is 2.85. The lowest BCUT2D eigenvalue weighted by atomic mass is 10.2. The molecule has 2 amide bonds. The van der Waals surface area contributed by atoms with Gasteiger partial charge < -0.3 is 20.1 Å². The third-order valence-corrected chi connectivity index (χ3v) is 4.39. The van der Waals surface area contributed by atoms with E-state index in [0.717, 1.165) is 11.1 Å². The van der Waals surface area contributed by atoms with Crippen LogP contribution in [0.4, 0.5) is 4.39 Å². The zero-order chi connectivity index (χ0) is 22.1. The number of carbonyl (C=O) groups is 2. The normalized spacial score (nSPS) is 10.3. The first kappa shape index (κ1) is 21.8. The van der Waals surface area contributed by atoms with Crippen LogP contribution in [0.1, 0.15) is 21.5 Å². The van der Waals surface area contributed by atoms with Crippen molar-refractivity contribution in [3.63, 3.8) is 0 Å². The van der Waals surface area contributed by atoms with Crippen molar-refractivity contribution in [3.8, 4) is 11.5 Å². The molecule has 31 heavy (non-hydrogen) atoms. The lowest BCUT2D eigenvalue weighted by molar-refractivity contribution is -0.120. The summed E-state index contributed by atoms with van der Waals surface area (Å²) in [7, 11) is 1.54. The summed E-state index contributed by atoms with van der Waals surface area (Å²) in [5.41, 5.74) is 1.66. The number of ether oxygens (including phenoxy) is 2. The van der Waals surface area contributed by atoms with Gasteiger partial charge in [0.25, 0.3) is 5.91 Å². The molecule has 0 spiro atoms. The number of methoxy groups -OCH3 is 1. The summed E-state index contributed by atoms with van der Waals surface area (Å²) in [4.78, 5) is 28.0. The van der Waals surface area contributed by atoms with Gasteiger partial charge in [-0.1, -0.05) is 18.2 Å². The van der Waals surface area contributed by atoms with Gasteiger partial charge in [0.1, 0.15) is 12.4 Å². The summed E-state index contributed by atoms with van der Waals surface area (Å²) in [5, 5.41) is 5.10. The van der Waals surface area contributed by atoms with Gasteiger partial charge in [-0.3, -0.25) is 14.6 Å². The van der Waals surface area contributed by atoms with Gasteiger partial charge in [0.15, 0.2) is 11.5 Å². The molecule has 0 radical (unpaired) electrons. The first-order chi connectivity index (χ1) is 15.1. The molecule has 0 fully saturated rings. The summed E-state index contributed by atoms with van der Waals surface area (Å²) in [6.45, 7) is 0.337. The fraction of sp³-hybridized carbons (Fsp3) is 0.174. The van der Waals surface area contributed by atoms with Crippen LogP contribution in [0.2, 0.25) is 0 Å². The van der Waals surface area contributed by atoms with Crippen molar-refractivity contribution >= 4 is 11.8 Å². The van der Waals surface area contributed by atoms with E-state index in [1.807, 2.05) is 18.2 Å². The lowest BCUT2D eigenvalue weighted by Gasteiger charge is -2.13. The average Bonchev–Trinajstić information content (AvgIpc) is 2.81. The van der Waals surface area contributed by atoms with Crippen LogP contribution in [-0.4, -0.2) is 30.5 Å². The van der Waals surface area contributed by atoms with Gasteiger partial charge in [0, 0.05) is 18.9 Å². The van der Waals surface area contributed by atoms with E-state index >= 15 is 0 Å². The number of pyridine rings is 1. The molecule has 2 N–H and O–H groups in total. The molecular weight excluding hydrogens is 401 g/mol. The summed E-state index contributed by atoms with van der Waals surface area (Å²) >= 11 is 0. The number of amides is 2. The zero-order valence-electron chi connectivity index (χ0n) is 16.9. The minimum absolute atomic E-state index is 0.109. The highest BCUT2D eigenvalue weighted by atomic mass is 19.1. The van der Waals surface area contributed by atoms with Crippen molar-refractivity contribution in [3.05, 3.63) is 89.5 Å². The molecule has 0 aliphatic carbocycles. The van der Waals surface area contributed by atoms with Crippen LogP contribution < -0.4 is 20.1 Å². The van der Waals surface area contributed by atoms with Crippen molar-refractivity contribution in [1.82, 2.24) is 15.6 Å². The number of aromatic nitrogens is 1. The third kappa shape index (κ3) is 6.27. The van der Waals surface area contributed by atoms with E-state index in [9.17, 15) is 14.0 Å². The first-order valence-corrected chi connectivity index (χ1v) is 9.55. The molecule has 0 saturated heterocycles. The number of rotatable bonds is 9. The highest BCUT2D eigenvalue weighted by molar-refractivity contribution is 5.96. The molecule has 3 aromatic rings. The minimum Gasteiger partial charge on any atom is -0.493 e. The highest BCUT2D eigenvalue weighted by Crippen LogP contribution is 2.28. The molecule has 8 heteroatoms. The number of hydrogen-bond acceptors (Lipinski definition) is 5. The molecule has 0 saturated carbocycles. The van der Waals surface area contributed by atoms with Crippen molar-refractivity contribution in [1.29, 1.82) is 0 Å². The monoisotopic (exact) mass is 423 g/mol. The Kier molecular flexibility index (Phi) is 7.53. The van der Waals surface area contributed by atoms with Gasteiger partial charge in [0.05, 0.1) is 19.2 Å². The molecule has 2 aromatic carbocycles. The van der Waals surface area contributed by atoms with Crippen LogP contribution in [0, 0.1) is 5.82 Å². The number of benzene rings is 2. The van der Waals surface area contributed by atoms with Crippen molar-refractivity contribution in [2.45, 2.75) is 13.2 Å². The topological polar surface area (TPSA) is 89.6 Å². The zero-order valence-corrected chi connectivity index (χ0v) is 16.9. The molecular formula is C23H22FN3O4. The van der Waals surface area contributed by atoms with E-state index in [0.29, 0.717) is 18.1 Å². The molecule has 0 unspecified atom stereocenters. The Morgan fingerprint density at radius 2 is 1.74 bits per heavy atom. The fourth-order valence-electron chi connectivity index (χ4n) is 2.75.